The molecule has 0 fully saturated rings. The maximum atomic E-state index is 13.5. The zero-order chi connectivity index (χ0) is 21.3. The van der Waals surface area contributed by atoms with Crippen LogP contribution >= 0.6 is 0 Å². The zero-order valence-electron chi connectivity index (χ0n) is 15.9. The van der Waals surface area contributed by atoms with Gasteiger partial charge in [-0.3, -0.25) is 19.7 Å². The van der Waals surface area contributed by atoms with Gasteiger partial charge < -0.3 is 5.32 Å². The summed E-state index contributed by atoms with van der Waals surface area (Å²) in [4.78, 5) is 33.3. The second-order valence-electron chi connectivity index (χ2n) is 6.84. The van der Waals surface area contributed by atoms with E-state index in [1.54, 1.807) is 31.5 Å². The van der Waals surface area contributed by atoms with Crippen LogP contribution in [0.15, 0.2) is 53.7 Å². The molecule has 9 heteroatoms. The summed E-state index contributed by atoms with van der Waals surface area (Å²) in [6.45, 7) is 1.90. The van der Waals surface area contributed by atoms with Gasteiger partial charge in [0, 0.05) is 42.7 Å². The Morgan fingerprint density at radius 1 is 1.13 bits per heavy atom. The molecule has 4 aromatic rings. The van der Waals surface area contributed by atoms with Crippen molar-refractivity contribution in [2.75, 3.05) is 0 Å². The van der Waals surface area contributed by atoms with Gasteiger partial charge in [0.1, 0.15) is 0 Å². The molecule has 0 radical (unpaired) electrons. The number of aromatic nitrogens is 4. The van der Waals surface area contributed by atoms with E-state index in [0.29, 0.717) is 28.9 Å². The number of aryl methyl sites for hydroxylation is 1. The van der Waals surface area contributed by atoms with Gasteiger partial charge in [-0.1, -0.05) is 6.07 Å². The van der Waals surface area contributed by atoms with E-state index in [4.69, 9.17) is 0 Å². The number of amides is 1. The number of fused-ring (bicyclic) bond motifs is 1. The number of rotatable bonds is 5. The monoisotopic (exact) mass is 409 g/mol. The number of benzene rings is 1. The van der Waals surface area contributed by atoms with Crippen LogP contribution in [0.5, 0.6) is 0 Å². The Balaban J connectivity index is 1.61. The van der Waals surface area contributed by atoms with Gasteiger partial charge in [-0.2, -0.15) is 0 Å². The molecule has 0 saturated heterocycles. The number of carbonyl (C=O) groups excluding carboxylic acids is 1. The lowest BCUT2D eigenvalue weighted by Crippen LogP contribution is -2.24. The Bertz CT molecular complexity index is 1300. The summed E-state index contributed by atoms with van der Waals surface area (Å²) in [5.41, 5.74) is 2.11. The van der Waals surface area contributed by atoms with Gasteiger partial charge >= 0.3 is 0 Å². The summed E-state index contributed by atoms with van der Waals surface area (Å²) < 4.78 is 28.1. The Hall–Kier alpha value is -3.88. The normalized spacial score (nSPS) is 11.0. The lowest BCUT2D eigenvalue weighted by Gasteiger charge is -2.05. The van der Waals surface area contributed by atoms with Crippen LogP contribution in [0.3, 0.4) is 0 Å². The Morgan fingerprint density at radius 3 is 2.63 bits per heavy atom. The third-order valence-electron chi connectivity index (χ3n) is 4.72. The Morgan fingerprint density at radius 2 is 1.90 bits per heavy atom. The maximum Gasteiger partial charge on any atom is 0.288 e. The first-order valence-electron chi connectivity index (χ1n) is 9.14. The van der Waals surface area contributed by atoms with E-state index >= 15 is 0 Å². The number of H-pyrrole nitrogens is 1. The molecule has 3 aromatic heterocycles. The number of aromatic amines is 1. The van der Waals surface area contributed by atoms with Crippen LogP contribution in [-0.4, -0.2) is 25.5 Å². The molecule has 0 atom stereocenters. The molecule has 0 unspecified atom stereocenters. The molecule has 3 heterocycles. The average molecular weight is 409 g/mol. The quantitative estimate of drug-likeness (QED) is 0.530. The van der Waals surface area contributed by atoms with Crippen molar-refractivity contribution in [3.05, 3.63) is 98.9 Å². The third-order valence-corrected chi connectivity index (χ3v) is 4.72. The summed E-state index contributed by atoms with van der Waals surface area (Å²) in [5, 5.41) is 5.60. The molecule has 2 N–H and O–H groups in total. The number of nitrogens with one attached hydrogen (secondary N) is 2. The van der Waals surface area contributed by atoms with Gasteiger partial charge in [0.2, 0.25) is 5.82 Å². The summed E-state index contributed by atoms with van der Waals surface area (Å²) in [7, 11) is 0. The van der Waals surface area contributed by atoms with Crippen LogP contribution in [0, 0.1) is 18.6 Å². The summed E-state index contributed by atoms with van der Waals surface area (Å²) >= 11 is 0. The highest BCUT2D eigenvalue weighted by Gasteiger charge is 2.16. The van der Waals surface area contributed by atoms with Crippen LogP contribution in [-0.2, 0) is 13.0 Å². The second kappa shape index (κ2) is 7.86. The predicted octanol–water partition coefficient (Wildman–Crippen LogP) is 2.53. The first-order chi connectivity index (χ1) is 14.4. The van der Waals surface area contributed by atoms with Crippen molar-refractivity contribution in [1.82, 2.24) is 24.9 Å². The van der Waals surface area contributed by atoms with Crippen molar-refractivity contribution in [1.29, 1.82) is 0 Å². The van der Waals surface area contributed by atoms with Crippen LogP contribution < -0.4 is 10.7 Å². The standard InChI is InChI=1S/C21H17F2N5O2/c1-12-18(29)15(8-14-2-3-16(22)17(23)9-14)11-28-20(12)26-19(27-28)21(30)25-10-13-4-6-24-7-5-13/h2-7,9,11H,8,10H2,1H3,(H,25,30)(H,26,27). The highest BCUT2D eigenvalue weighted by Crippen LogP contribution is 2.14. The van der Waals surface area contributed by atoms with Crippen LogP contribution in [0.4, 0.5) is 8.78 Å². The topological polar surface area (TPSA) is 92.1 Å². The van der Waals surface area contributed by atoms with Gasteiger partial charge in [0.15, 0.2) is 22.7 Å². The molecule has 0 saturated carbocycles. The predicted molar refractivity (Wildman–Crippen MR) is 105 cm³/mol. The number of hydrogen-bond donors (Lipinski definition) is 2. The first-order valence-corrected chi connectivity index (χ1v) is 9.14. The SMILES string of the molecule is Cc1c(=O)c(Cc2ccc(F)c(F)c2)cn2[nH]c(C(=O)NCc3ccncc3)nc12. The maximum absolute atomic E-state index is 13.5. The number of halogens is 2. The van der Waals surface area contributed by atoms with Gasteiger partial charge in [-0.05, 0) is 42.3 Å². The summed E-state index contributed by atoms with van der Waals surface area (Å²) in [6, 6.07) is 7.07. The molecular weight excluding hydrogens is 392 g/mol. The number of nitrogens with zero attached hydrogens (tertiary/aromatic N) is 3. The largest absolute Gasteiger partial charge is 0.345 e. The molecule has 0 bridgehead atoms. The van der Waals surface area contributed by atoms with Gasteiger partial charge in [-0.15, -0.1) is 0 Å². The highest BCUT2D eigenvalue weighted by molar-refractivity contribution is 5.91. The van der Waals surface area contributed by atoms with Crippen molar-refractivity contribution < 1.29 is 13.6 Å². The molecule has 1 aromatic carbocycles. The molecule has 1 amide bonds. The van der Waals surface area contributed by atoms with E-state index in [2.05, 4.69) is 20.4 Å². The molecule has 152 valence electrons. The van der Waals surface area contributed by atoms with Gasteiger partial charge in [-0.25, -0.2) is 18.3 Å². The highest BCUT2D eigenvalue weighted by atomic mass is 19.2. The third kappa shape index (κ3) is 3.82. The minimum absolute atomic E-state index is 0.0523. The fourth-order valence-corrected chi connectivity index (χ4v) is 3.13. The first kappa shape index (κ1) is 19.4. The van der Waals surface area contributed by atoms with E-state index in [1.807, 2.05) is 0 Å². The molecule has 0 aliphatic carbocycles. The fourth-order valence-electron chi connectivity index (χ4n) is 3.13. The minimum atomic E-state index is -0.972. The summed E-state index contributed by atoms with van der Waals surface area (Å²) in [6.07, 6.45) is 4.89. The zero-order valence-corrected chi connectivity index (χ0v) is 15.9. The fraction of sp³-hybridized carbons (Fsp3) is 0.143. The van der Waals surface area contributed by atoms with Crippen molar-refractivity contribution in [2.45, 2.75) is 19.9 Å². The van der Waals surface area contributed by atoms with Crippen molar-refractivity contribution in [3.8, 4) is 0 Å². The van der Waals surface area contributed by atoms with Gasteiger partial charge in [0.05, 0.1) is 0 Å². The number of hydrogen-bond acceptors (Lipinski definition) is 4. The van der Waals surface area contributed by atoms with E-state index in [-0.39, 0.29) is 17.7 Å². The number of pyridine rings is 2. The van der Waals surface area contributed by atoms with Crippen LogP contribution in [0.1, 0.15) is 32.9 Å². The average Bonchev–Trinajstić information content (AvgIpc) is 3.18. The van der Waals surface area contributed by atoms with Crippen molar-refractivity contribution in [2.24, 2.45) is 0 Å². The van der Waals surface area contributed by atoms with Gasteiger partial charge in [0.25, 0.3) is 5.91 Å². The molecular formula is C21H17F2N5O2. The molecule has 0 aliphatic rings. The lowest BCUT2D eigenvalue weighted by molar-refractivity contribution is 0.0940. The summed E-state index contributed by atoms with van der Waals surface area (Å²) in [5.74, 6) is -2.29. The van der Waals surface area contributed by atoms with Crippen molar-refractivity contribution in [3.63, 3.8) is 0 Å². The second-order valence-corrected chi connectivity index (χ2v) is 6.84. The number of carbonyl (C=O) groups is 1. The Kier molecular flexibility index (Phi) is 5.09. The molecule has 30 heavy (non-hydrogen) atoms. The van der Waals surface area contributed by atoms with Crippen molar-refractivity contribution >= 4 is 11.6 Å². The molecule has 0 spiro atoms. The van der Waals surface area contributed by atoms with Crippen LogP contribution in [0.2, 0.25) is 0 Å². The Labute approximate surface area is 169 Å². The lowest BCUT2D eigenvalue weighted by atomic mass is 10.0. The van der Waals surface area contributed by atoms with E-state index in [0.717, 1.165) is 17.7 Å². The smallest absolute Gasteiger partial charge is 0.288 e. The molecule has 4 rings (SSSR count). The molecule has 0 aliphatic heterocycles. The van der Waals surface area contributed by atoms with E-state index in [1.165, 1.54) is 16.8 Å². The van der Waals surface area contributed by atoms with Crippen LogP contribution in [0.25, 0.3) is 5.65 Å². The minimum Gasteiger partial charge on any atom is -0.345 e. The molecule has 7 nitrogen and oxygen atoms in total. The van der Waals surface area contributed by atoms with E-state index < -0.39 is 17.5 Å². The van der Waals surface area contributed by atoms with E-state index in [9.17, 15) is 18.4 Å².